The van der Waals surface area contributed by atoms with Crippen molar-refractivity contribution in [2.75, 3.05) is 0 Å². The molecule has 0 heterocycles. The van der Waals surface area contributed by atoms with Gasteiger partial charge in [0.15, 0.2) is 0 Å². The maximum absolute atomic E-state index is 2.55. The molecule has 0 saturated heterocycles. The minimum atomic E-state index is -0.790. The third kappa shape index (κ3) is 5.49. The first-order chi connectivity index (χ1) is 15.5. The van der Waals surface area contributed by atoms with E-state index < -0.39 is 23.2 Å². The zero-order chi connectivity index (χ0) is 24.2. The van der Waals surface area contributed by atoms with Gasteiger partial charge in [-0.3, -0.25) is 0 Å². The van der Waals surface area contributed by atoms with Gasteiger partial charge in [-0.05, 0) is 0 Å². The van der Waals surface area contributed by atoms with Crippen molar-refractivity contribution in [2.45, 2.75) is 100 Å². The van der Waals surface area contributed by atoms with Crippen LogP contribution in [0, 0.1) is 0 Å². The molecule has 0 aromatic heterocycles. The summed E-state index contributed by atoms with van der Waals surface area (Å²) in [7, 11) is 0. The average molecular weight is 589 g/mol. The monoisotopic (exact) mass is 586 g/mol. The zero-order valence-electron chi connectivity index (χ0n) is 23.2. The summed E-state index contributed by atoms with van der Waals surface area (Å²) in [5.41, 5.74) is 15.9. The molecule has 0 fully saturated rings. The van der Waals surface area contributed by atoms with Gasteiger partial charge in [0.1, 0.15) is 0 Å². The van der Waals surface area contributed by atoms with Gasteiger partial charge in [0.2, 0.25) is 0 Å². The summed E-state index contributed by atoms with van der Waals surface area (Å²) in [6, 6.07) is 9.89. The maximum Gasteiger partial charge on any atom is -1.00 e. The summed E-state index contributed by atoms with van der Waals surface area (Å²) in [6.45, 7) is 23.7. The van der Waals surface area contributed by atoms with E-state index in [9.17, 15) is 0 Å². The van der Waals surface area contributed by atoms with Gasteiger partial charge in [-0.2, -0.15) is 0 Å². The van der Waals surface area contributed by atoms with Crippen molar-refractivity contribution >= 4 is 12.2 Å². The van der Waals surface area contributed by atoms with Crippen LogP contribution >= 0.6 is 0 Å². The molecule has 3 heteroatoms. The summed E-state index contributed by atoms with van der Waals surface area (Å²) in [4.78, 5) is 0. The molecule has 35 heavy (non-hydrogen) atoms. The molecule has 0 nitrogen and oxygen atoms in total. The Kier molecular flexibility index (Phi) is 10.4. The Hall–Kier alpha value is -0.617. The Morgan fingerprint density at radius 1 is 0.543 bits per heavy atom. The van der Waals surface area contributed by atoms with Crippen LogP contribution in [0.2, 0.25) is 0 Å². The Balaban J connectivity index is 0.00000216. The Bertz CT molecular complexity index is 1050. The minimum absolute atomic E-state index is 0. The Labute approximate surface area is 238 Å². The largest absolute Gasteiger partial charge is 1.00 e. The van der Waals surface area contributed by atoms with E-state index in [0.29, 0.717) is 30.9 Å². The van der Waals surface area contributed by atoms with E-state index in [1.165, 1.54) is 0 Å². The Morgan fingerprint density at radius 3 is 1.17 bits per heavy atom. The molecule has 0 spiro atoms. The molecule has 0 bridgehead atoms. The number of allylic oxidation sites excluding steroid dienone is 2. The smallest absolute Gasteiger partial charge is 1.00 e. The number of rotatable bonds is 6. The van der Waals surface area contributed by atoms with E-state index in [1.807, 2.05) is 0 Å². The fourth-order valence-corrected chi connectivity index (χ4v) is 10.8. The van der Waals surface area contributed by atoms with Crippen molar-refractivity contribution in [3.05, 3.63) is 79.9 Å². The second kappa shape index (κ2) is 11.8. The van der Waals surface area contributed by atoms with E-state index in [-0.39, 0.29) is 24.8 Å². The quantitative estimate of drug-likeness (QED) is 0.481. The third-order valence-corrected chi connectivity index (χ3v) is 13.1. The van der Waals surface area contributed by atoms with E-state index in [1.54, 1.807) is 55.7 Å². The number of hydrogen-bond donors (Lipinski definition) is 0. The van der Waals surface area contributed by atoms with E-state index in [2.05, 4.69) is 106 Å². The number of fused-ring (bicyclic) bond motifs is 2. The molecule has 4 rings (SSSR count). The van der Waals surface area contributed by atoms with Crippen LogP contribution in [0.3, 0.4) is 0 Å². The molecule has 0 aliphatic heterocycles. The van der Waals surface area contributed by atoms with Gasteiger partial charge in [-0.25, -0.2) is 0 Å². The molecular formula is C32H42Cl2Zr. The summed E-state index contributed by atoms with van der Waals surface area (Å²) in [6.07, 6.45) is 5.11. The van der Waals surface area contributed by atoms with Crippen LogP contribution in [0.25, 0.3) is 12.2 Å². The molecule has 0 N–H and O–H groups in total. The summed E-state index contributed by atoms with van der Waals surface area (Å²) in [5.74, 6) is 2.30. The van der Waals surface area contributed by atoms with E-state index >= 15 is 0 Å². The van der Waals surface area contributed by atoms with Gasteiger partial charge in [0.25, 0.3) is 0 Å². The summed E-state index contributed by atoms with van der Waals surface area (Å²) < 4.78 is 1.38. The number of halogens is 2. The fourth-order valence-electron chi connectivity index (χ4n) is 6.18. The van der Waals surface area contributed by atoms with Crippen LogP contribution in [0.5, 0.6) is 0 Å². The third-order valence-electron chi connectivity index (χ3n) is 7.72. The molecule has 0 amide bonds. The van der Waals surface area contributed by atoms with Crippen molar-refractivity contribution in [3.63, 3.8) is 0 Å². The van der Waals surface area contributed by atoms with Gasteiger partial charge in [-0.15, -0.1) is 0 Å². The first kappa shape index (κ1) is 30.6. The number of benzene rings is 2. The van der Waals surface area contributed by atoms with Crippen LogP contribution in [-0.2, 0) is 23.2 Å². The first-order valence-electron chi connectivity index (χ1n) is 13.0. The van der Waals surface area contributed by atoms with Crippen molar-refractivity contribution in [2.24, 2.45) is 0 Å². The van der Waals surface area contributed by atoms with E-state index in [4.69, 9.17) is 0 Å². The standard InChI is InChI=1S/2C16H21.2ClH.Zr/c2*1-10(2)14-7-6-13-8-12(5)9-15(13)16(14)11(3)4;;;/h2*6-11H,1-5H3;2*1H;/q;;;;+2/p-2. The van der Waals surface area contributed by atoms with Gasteiger partial charge < -0.3 is 24.8 Å². The molecule has 2 atom stereocenters. The van der Waals surface area contributed by atoms with Gasteiger partial charge in [-0.1, -0.05) is 0 Å². The molecule has 2 aliphatic rings. The molecule has 2 unspecified atom stereocenters. The topological polar surface area (TPSA) is 0 Å². The van der Waals surface area contributed by atoms with Gasteiger partial charge in [0.05, 0.1) is 0 Å². The van der Waals surface area contributed by atoms with Crippen molar-refractivity contribution in [1.29, 1.82) is 0 Å². The van der Waals surface area contributed by atoms with Crippen LogP contribution < -0.4 is 24.8 Å². The molecule has 2 aliphatic carbocycles. The summed E-state index contributed by atoms with van der Waals surface area (Å²) >= 11 is -0.790. The van der Waals surface area contributed by atoms with Crippen molar-refractivity contribution < 1.29 is 48.0 Å². The SMILES string of the molecule is CC1=Cc2c(ccc(C(C)C)c2C(C)C)[CH]1[Zr+2][CH]1C(C)=Cc2c1ccc(C(C)C)c2C(C)C.[Cl-].[Cl-]. The first-order valence-corrected chi connectivity index (χ1v) is 15.8. The second-order valence-corrected chi connectivity index (χ2v) is 15.2. The Morgan fingerprint density at radius 2 is 0.886 bits per heavy atom. The molecule has 0 saturated carbocycles. The van der Waals surface area contributed by atoms with Crippen molar-refractivity contribution in [1.82, 2.24) is 0 Å². The maximum atomic E-state index is 2.55. The number of hydrogen-bond acceptors (Lipinski definition) is 0. The van der Waals surface area contributed by atoms with Gasteiger partial charge >= 0.3 is 215 Å². The zero-order valence-corrected chi connectivity index (χ0v) is 27.2. The van der Waals surface area contributed by atoms with Crippen LogP contribution in [0.15, 0.2) is 35.4 Å². The minimum Gasteiger partial charge on any atom is -1.00 e. The predicted octanol–water partition coefficient (Wildman–Crippen LogP) is 3.89. The van der Waals surface area contributed by atoms with E-state index in [0.717, 1.165) is 0 Å². The van der Waals surface area contributed by atoms with Gasteiger partial charge in [0, 0.05) is 0 Å². The molecular weight excluding hydrogens is 546 g/mol. The van der Waals surface area contributed by atoms with Crippen LogP contribution in [0.1, 0.15) is 145 Å². The van der Waals surface area contributed by atoms with Crippen molar-refractivity contribution in [3.8, 4) is 0 Å². The average Bonchev–Trinajstić information content (AvgIpc) is 3.22. The van der Waals surface area contributed by atoms with Crippen LogP contribution in [0.4, 0.5) is 0 Å². The molecule has 2 aromatic rings. The molecule has 188 valence electrons. The fraction of sp³-hybridized carbons (Fsp3) is 0.500. The van der Waals surface area contributed by atoms with Crippen LogP contribution in [-0.4, -0.2) is 0 Å². The molecule has 2 aromatic carbocycles. The normalized spacial score (nSPS) is 18.2. The molecule has 0 radical (unpaired) electrons. The second-order valence-electron chi connectivity index (χ2n) is 11.6. The predicted molar refractivity (Wildman–Crippen MR) is 142 cm³/mol. The summed E-state index contributed by atoms with van der Waals surface area (Å²) in [5, 5.41) is 0.